The lowest BCUT2D eigenvalue weighted by Gasteiger charge is -2.17. The first kappa shape index (κ1) is 14.7. The van der Waals surface area contributed by atoms with E-state index in [-0.39, 0.29) is 11.0 Å². The second-order valence-electron chi connectivity index (χ2n) is 4.56. The van der Waals surface area contributed by atoms with Crippen molar-refractivity contribution in [3.8, 4) is 5.75 Å². The van der Waals surface area contributed by atoms with Gasteiger partial charge in [-0.2, -0.15) is 0 Å². The molecule has 0 spiro atoms. The van der Waals surface area contributed by atoms with Crippen LogP contribution in [0.2, 0.25) is 0 Å². The summed E-state index contributed by atoms with van der Waals surface area (Å²) in [6.07, 6.45) is 3.40. The molecule has 2 N–H and O–H groups in total. The Kier molecular flexibility index (Phi) is 4.25. The van der Waals surface area contributed by atoms with E-state index in [1.807, 2.05) is 13.8 Å². The Balaban J connectivity index is 2.60. The van der Waals surface area contributed by atoms with E-state index in [1.165, 1.54) is 12.3 Å². The minimum absolute atomic E-state index is 0.0185. The van der Waals surface area contributed by atoms with Crippen LogP contribution in [0.5, 0.6) is 5.75 Å². The molecule has 2 aromatic rings. The monoisotopic (exact) mass is 294 g/mol. The van der Waals surface area contributed by atoms with Crippen molar-refractivity contribution in [2.45, 2.75) is 37.7 Å². The Morgan fingerprint density at radius 2 is 1.95 bits per heavy atom. The van der Waals surface area contributed by atoms with Crippen molar-refractivity contribution >= 4 is 20.9 Å². The second kappa shape index (κ2) is 5.76. The lowest BCUT2D eigenvalue weighted by Crippen LogP contribution is -2.15. The van der Waals surface area contributed by atoms with E-state index in [1.54, 1.807) is 18.2 Å². The Hall–Kier alpha value is -1.66. The topological polar surface area (TPSA) is 82.3 Å². The number of nitrogens with two attached hydrogens (primary N) is 1. The number of ether oxygens (including phenoxy) is 1. The molecular weight excluding hydrogens is 276 g/mol. The molecule has 0 saturated carbocycles. The molecule has 5 nitrogen and oxygen atoms in total. The van der Waals surface area contributed by atoms with Crippen molar-refractivity contribution in [3.05, 3.63) is 30.5 Å². The van der Waals surface area contributed by atoms with Crippen molar-refractivity contribution in [2.75, 3.05) is 0 Å². The van der Waals surface area contributed by atoms with E-state index in [0.717, 1.165) is 12.8 Å². The van der Waals surface area contributed by atoms with E-state index in [0.29, 0.717) is 16.7 Å². The Labute approximate surface area is 118 Å². The standard InChI is InChI=1S/C14H18N2O3S/c1-3-10(4-2)19-12-7-8-13(20(15,17)18)14-11(12)6-5-9-16-14/h5-10H,3-4H2,1-2H3,(H2,15,17,18). The normalized spacial score (nSPS) is 12.0. The molecule has 0 aliphatic rings. The van der Waals surface area contributed by atoms with Gasteiger partial charge in [0.25, 0.3) is 0 Å². The fourth-order valence-corrected chi connectivity index (χ4v) is 2.78. The maximum atomic E-state index is 11.6. The minimum Gasteiger partial charge on any atom is -0.490 e. The molecule has 2 rings (SSSR count). The van der Waals surface area contributed by atoms with Gasteiger partial charge in [0, 0.05) is 11.6 Å². The molecule has 0 amide bonds. The van der Waals surface area contributed by atoms with Gasteiger partial charge in [-0.3, -0.25) is 4.98 Å². The van der Waals surface area contributed by atoms with Crippen LogP contribution in [-0.4, -0.2) is 19.5 Å². The Morgan fingerprint density at radius 3 is 2.55 bits per heavy atom. The zero-order valence-corrected chi connectivity index (χ0v) is 12.4. The van der Waals surface area contributed by atoms with Crippen LogP contribution >= 0.6 is 0 Å². The number of hydrogen-bond acceptors (Lipinski definition) is 4. The van der Waals surface area contributed by atoms with Gasteiger partial charge in [0.2, 0.25) is 10.0 Å². The van der Waals surface area contributed by atoms with Crippen LogP contribution in [0.15, 0.2) is 35.4 Å². The minimum atomic E-state index is -3.80. The number of sulfonamides is 1. The lowest BCUT2D eigenvalue weighted by molar-refractivity contribution is 0.195. The Bertz CT molecular complexity index is 709. The molecule has 0 aliphatic heterocycles. The van der Waals surface area contributed by atoms with Crippen molar-refractivity contribution in [3.63, 3.8) is 0 Å². The number of primary sulfonamides is 1. The number of aromatic nitrogens is 1. The average Bonchev–Trinajstić information content (AvgIpc) is 2.43. The predicted octanol–water partition coefficient (Wildman–Crippen LogP) is 2.45. The molecule has 0 bridgehead atoms. The van der Waals surface area contributed by atoms with E-state index < -0.39 is 10.0 Å². The number of fused-ring (bicyclic) bond motifs is 1. The largest absolute Gasteiger partial charge is 0.490 e. The fourth-order valence-electron chi connectivity index (χ4n) is 2.09. The molecule has 0 atom stereocenters. The first-order valence-electron chi connectivity index (χ1n) is 6.54. The van der Waals surface area contributed by atoms with Gasteiger partial charge in [0.1, 0.15) is 10.6 Å². The summed E-state index contributed by atoms with van der Waals surface area (Å²) in [6, 6.07) is 6.62. The van der Waals surface area contributed by atoms with E-state index in [4.69, 9.17) is 9.88 Å². The first-order valence-corrected chi connectivity index (χ1v) is 8.09. The molecule has 1 aromatic heterocycles. The highest BCUT2D eigenvalue weighted by Crippen LogP contribution is 2.30. The highest BCUT2D eigenvalue weighted by molar-refractivity contribution is 7.89. The molecule has 1 heterocycles. The molecule has 20 heavy (non-hydrogen) atoms. The second-order valence-corrected chi connectivity index (χ2v) is 6.09. The van der Waals surface area contributed by atoms with Crippen LogP contribution < -0.4 is 9.88 Å². The molecular formula is C14H18N2O3S. The van der Waals surface area contributed by atoms with E-state index in [9.17, 15) is 8.42 Å². The Morgan fingerprint density at radius 1 is 1.25 bits per heavy atom. The van der Waals surface area contributed by atoms with Crippen LogP contribution in [0.25, 0.3) is 10.9 Å². The average molecular weight is 294 g/mol. The highest BCUT2D eigenvalue weighted by Gasteiger charge is 2.17. The molecule has 0 aliphatic carbocycles. The first-order chi connectivity index (χ1) is 9.47. The molecule has 0 fully saturated rings. The number of nitrogens with zero attached hydrogens (tertiary/aromatic N) is 1. The number of benzene rings is 1. The van der Waals surface area contributed by atoms with Gasteiger partial charge in [0.15, 0.2) is 0 Å². The summed E-state index contributed by atoms with van der Waals surface area (Å²) in [5, 5.41) is 5.88. The van der Waals surface area contributed by atoms with Crippen LogP contribution in [0.3, 0.4) is 0 Å². The summed E-state index contributed by atoms with van der Waals surface area (Å²) in [7, 11) is -3.80. The lowest BCUT2D eigenvalue weighted by atomic mass is 10.2. The van der Waals surface area contributed by atoms with Gasteiger partial charge < -0.3 is 4.74 Å². The van der Waals surface area contributed by atoms with Gasteiger partial charge >= 0.3 is 0 Å². The van der Waals surface area contributed by atoms with Crippen LogP contribution in [-0.2, 0) is 10.0 Å². The third kappa shape index (κ3) is 2.91. The summed E-state index contributed by atoms with van der Waals surface area (Å²) in [6.45, 7) is 4.10. The summed E-state index contributed by atoms with van der Waals surface area (Å²) in [5.74, 6) is 0.634. The van der Waals surface area contributed by atoms with Crippen LogP contribution in [0, 0.1) is 0 Å². The molecule has 6 heteroatoms. The van der Waals surface area contributed by atoms with Gasteiger partial charge in [-0.25, -0.2) is 13.6 Å². The number of hydrogen-bond donors (Lipinski definition) is 1. The molecule has 0 radical (unpaired) electrons. The smallest absolute Gasteiger partial charge is 0.240 e. The third-order valence-corrected chi connectivity index (χ3v) is 4.15. The van der Waals surface area contributed by atoms with Gasteiger partial charge in [-0.1, -0.05) is 13.8 Å². The van der Waals surface area contributed by atoms with Gasteiger partial charge in [-0.15, -0.1) is 0 Å². The molecule has 108 valence electrons. The zero-order chi connectivity index (χ0) is 14.8. The maximum absolute atomic E-state index is 11.6. The van der Waals surface area contributed by atoms with Crippen molar-refractivity contribution in [1.82, 2.24) is 4.98 Å². The third-order valence-electron chi connectivity index (χ3n) is 3.20. The van der Waals surface area contributed by atoms with Crippen LogP contribution in [0.1, 0.15) is 26.7 Å². The van der Waals surface area contributed by atoms with Crippen molar-refractivity contribution in [2.24, 2.45) is 5.14 Å². The van der Waals surface area contributed by atoms with Gasteiger partial charge in [0.05, 0.1) is 11.6 Å². The number of rotatable bonds is 5. The maximum Gasteiger partial charge on any atom is 0.240 e. The van der Waals surface area contributed by atoms with Gasteiger partial charge in [-0.05, 0) is 37.1 Å². The fraction of sp³-hybridized carbons (Fsp3) is 0.357. The molecule has 0 saturated heterocycles. The van der Waals surface area contributed by atoms with Crippen molar-refractivity contribution < 1.29 is 13.2 Å². The number of pyridine rings is 1. The van der Waals surface area contributed by atoms with Crippen LogP contribution in [0.4, 0.5) is 0 Å². The predicted molar refractivity (Wildman–Crippen MR) is 78.1 cm³/mol. The van der Waals surface area contributed by atoms with E-state index in [2.05, 4.69) is 4.98 Å². The molecule has 1 aromatic carbocycles. The summed E-state index contributed by atoms with van der Waals surface area (Å²) >= 11 is 0. The highest BCUT2D eigenvalue weighted by atomic mass is 32.2. The van der Waals surface area contributed by atoms with E-state index >= 15 is 0 Å². The SMILES string of the molecule is CCC(CC)Oc1ccc(S(N)(=O)=O)c2ncccc12. The van der Waals surface area contributed by atoms with Crippen molar-refractivity contribution in [1.29, 1.82) is 0 Å². The zero-order valence-electron chi connectivity index (χ0n) is 11.5. The summed E-state index contributed by atoms with van der Waals surface area (Å²) in [5.41, 5.74) is 0.346. The summed E-state index contributed by atoms with van der Waals surface area (Å²) < 4.78 is 29.1. The molecule has 0 unspecified atom stereocenters. The quantitative estimate of drug-likeness (QED) is 0.918. The summed E-state index contributed by atoms with van der Waals surface area (Å²) in [4.78, 5) is 4.15.